The molecule has 1 aliphatic rings. The molecule has 1 fully saturated rings. The molecule has 130 valence electrons. The molecule has 3 aromatic rings. The Morgan fingerprint density at radius 1 is 0.880 bits per heavy atom. The Balaban J connectivity index is 1.48. The maximum atomic E-state index is 6.07. The second-order valence-electron chi connectivity index (χ2n) is 6.72. The second-order valence-corrected chi connectivity index (χ2v) is 6.72. The van der Waals surface area contributed by atoms with Crippen LogP contribution >= 0.6 is 0 Å². The summed E-state index contributed by atoms with van der Waals surface area (Å²) >= 11 is 0. The van der Waals surface area contributed by atoms with E-state index in [1.54, 1.807) is 0 Å². The molecule has 1 aliphatic heterocycles. The van der Waals surface area contributed by atoms with Crippen LogP contribution in [0, 0.1) is 0 Å². The van der Waals surface area contributed by atoms with Crippen LogP contribution in [0.15, 0.2) is 54.6 Å². The molecule has 0 atom stereocenters. The number of benzene rings is 2. The number of hydrogen-bond donors (Lipinski definition) is 0. The number of nitrogens with zero attached hydrogens (tertiary/aromatic N) is 3. The molecule has 0 spiro atoms. The molecule has 4 nitrogen and oxygen atoms in total. The van der Waals surface area contributed by atoms with Crippen molar-refractivity contribution in [3.63, 3.8) is 0 Å². The van der Waals surface area contributed by atoms with Gasteiger partial charge in [0.05, 0.1) is 17.4 Å². The normalized spacial score (nSPS) is 15.5. The minimum atomic E-state index is 0.701. The molecule has 1 saturated heterocycles. The highest BCUT2D eigenvalue weighted by Gasteiger charge is 2.13. The summed E-state index contributed by atoms with van der Waals surface area (Å²) < 4.78 is 8.11. The first-order valence-corrected chi connectivity index (χ1v) is 9.25. The Bertz CT molecular complexity index is 806. The fourth-order valence-electron chi connectivity index (χ4n) is 3.53. The van der Waals surface area contributed by atoms with Crippen molar-refractivity contribution in [2.45, 2.75) is 25.8 Å². The van der Waals surface area contributed by atoms with Crippen molar-refractivity contribution in [1.29, 1.82) is 0 Å². The highest BCUT2D eigenvalue weighted by molar-refractivity contribution is 5.84. The van der Waals surface area contributed by atoms with Gasteiger partial charge in [0, 0.05) is 6.54 Å². The van der Waals surface area contributed by atoms with Gasteiger partial charge < -0.3 is 4.74 Å². The monoisotopic (exact) mass is 335 g/mol. The minimum Gasteiger partial charge on any atom is -0.475 e. The molecule has 2 aromatic carbocycles. The molecule has 4 rings (SSSR count). The first-order valence-electron chi connectivity index (χ1n) is 9.25. The summed E-state index contributed by atoms with van der Waals surface area (Å²) in [6.45, 7) is 4.85. The molecule has 0 saturated carbocycles. The van der Waals surface area contributed by atoms with Crippen molar-refractivity contribution in [2.24, 2.45) is 0 Å². The lowest BCUT2D eigenvalue weighted by molar-refractivity contribution is 0.181. The van der Waals surface area contributed by atoms with E-state index in [1.807, 2.05) is 16.8 Å². The average Bonchev–Trinajstić information content (AvgIpc) is 3.01. The van der Waals surface area contributed by atoms with Gasteiger partial charge in [-0.2, -0.15) is 0 Å². The van der Waals surface area contributed by atoms with Crippen LogP contribution in [0.2, 0.25) is 0 Å². The molecule has 0 unspecified atom stereocenters. The van der Waals surface area contributed by atoms with Crippen LogP contribution in [0.4, 0.5) is 0 Å². The summed E-state index contributed by atoms with van der Waals surface area (Å²) in [7, 11) is 0. The quantitative estimate of drug-likeness (QED) is 0.683. The third-order valence-electron chi connectivity index (χ3n) is 4.89. The third-order valence-corrected chi connectivity index (χ3v) is 4.89. The summed E-state index contributed by atoms with van der Waals surface area (Å²) in [4.78, 5) is 2.49. The van der Waals surface area contributed by atoms with Gasteiger partial charge >= 0.3 is 0 Å². The molecular weight excluding hydrogens is 310 g/mol. The molecule has 2 heterocycles. The summed E-state index contributed by atoms with van der Waals surface area (Å²) in [5, 5.41) is 5.84. The first kappa shape index (κ1) is 16.2. The van der Waals surface area contributed by atoms with Gasteiger partial charge in [-0.15, -0.1) is 5.10 Å². The largest absolute Gasteiger partial charge is 0.475 e. The van der Waals surface area contributed by atoms with Crippen molar-refractivity contribution >= 4 is 10.9 Å². The highest BCUT2D eigenvalue weighted by atomic mass is 16.5. The summed E-state index contributed by atoms with van der Waals surface area (Å²) in [5.74, 6) is 0.753. The van der Waals surface area contributed by atoms with Crippen LogP contribution < -0.4 is 4.74 Å². The number of fused-ring (bicyclic) bond motifs is 1. The fraction of sp³-hybridized carbons (Fsp3) is 0.381. The zero-order valence-electron chi connectivity index (χ0n) is 14.6. The number of para-hydroxylation sites is 1. The van der Waals surface area contributed by atoms with Crippen molar-refractivity contribution in [3.05, 3.63) is 60.2 Å². The maximum Gasteiger partial charge on any atom is 0.240 e. The molecule has 0 bridgehead atoms. The van der Waals surface area contributed by atoms with E-state index in [-0.39, 0.29) is 0 Å². The van der Waals surface area contributed by atoms with Crippen molar-refractivity contribution < 1.29 is 4.74 Å². The van der Waals surface area contributed by atoms with E-state index in [9.17, 15) is 0 Å². The number of likely N-dealkylation sites (tertiary alicyclic amines) is 1. The summed E-state index contributed by atoms with van der Waals surface area (Å²) in [5.41, 5.74) is 2.37. The predicted molar refractivity (Wildman–Crippen MR) is 101 cm³/mol. The zero-order valence-corrected chi connectivity index (χ0v) is 14.6. The Labute approximate surface area is 149 Å². The van der Waals surface area contributed by atoms with Gasteiger partial charge in [0.1, 0.15) is 6.61 Å². The molecule has 4 heteroatoms. The van der Waals surface area contributed by atoms with Crippen molar-refractivity contribution in [2.75, 3.05) is 26.2 Å². The Morgan fingerprint density at radius 3 is 2.48 bits per heavy atom. The molecule has 0 radical (unpaired) electrons. The average molecular weight is 335 g/mol. The number of ether oxygens (including phenoxy) is 1. The van der Waals surface area contributed by atoms with Crippen LogP contribution in [0.25, 0.3) is 10.9 Å². The zero-order chi connectivity index (χ0) is 16.9. The Morgan fingerprint density at radius 2 is 1.64 bits per heavy atom. The van der Waals surface area contributed by atoms with Crippen molar-refractivity contribution in [1.82, 2.24) is 14.7 Å². The lowest BCUT2D eigenvalue weighted by atomic mass is 10.1. The van der Waals surface area contributed by atoms with E-state index < -0.39 is 0 Å². The number of rotatable bonds is 6. The standard InChI is InChI=1S/C21H25N3O/c1-3-9-18(10-4-1)17-24-20-12-6-5-11-19(20)21(22-24)25-16-15-23-13-7-2-8-14-23/h1,3-6,9-12H,2,7-8,13-17H2. The molecule has 0 N–H and O–H groups in total. The van der Waals surface area contributed by atoms with E-state index >= 15 is 0 Å². The first-order chi connectivity index (χ1) is 12.4. The van der Waals surface area contributed by atoms with Gasteiger partial charge in [-0.05, 0) is 43.6 Å². The molecule has 0 aliphatic carbocycles. The van der Waals surface area contributed by atoms with Crippen molar-refractivity contribution in [3.8, 4) is 5.88 Å². The predicted octanol–water partition coefficient (Wildman–Crippen LogP) is 3.95. The number of hydrogen-bond acceptors (Lipinski definition) is 3. The van der Waals surface area contributed by atoms with E-state index in [1.165, 1.54) is 37.9 Å². The summed E-state index contributed by atoms with van der Waals surface area (Å²) in [6.07, 6.45) is 4.00. The molecular formula is C21H25N3O. The van der Waals surface area contributed by atoms with E-state index in [0.29, 0.717) is 6.61 Å². The van der Waals surface area contributed by atoms with Gasteiger partial charge in [0.2, 0.25) is 5.88 Å². The van der Waals surface area contributed by atoms with Gasteiger partial charge in [0.15, 0.2) is 0 Å². The van der Waals surface area contributed by atoms with Crippen LogP contribution in [0.3, 0.4) is 0 Å². The van der Waals surface area contributed by atoms with Gasteiger partial charge in [0.25, 0.3) is 0 Å². The Hall–Kier alpha value is -2.33. The third kappa shape index (κ3) is 3.85. The van der Waals surface area contributed by atoms with Crippen LogP contribution in [0.5, 0.6) is 5.88 Å². The second kappa shape index (κ2) is 7.70. The molecule has 1 aromatic heterocycles. The Kier molecular flexibility index (Phi) is 4.98. The topological polar surface area (TPSA) is 30.3 Å². The van der Waals surface area contributed by atoms with Gasteiger partial charge in [-0.25, -0.2) is 0 Å². The van der Waals surface area contributed by atoms with Gasteiger partial charge in [-0.1, -0.05) is 48.9 Å². The molecule has 0 amide bonds. The lowest BCUT2D eigenvalue weighted by Gasteiger charge is -2.25. The van der Waals surface area contributed by atoms with E-state index in [0.717, 1.165) is 29.9 Å². The number of piperidine rings is 1. The van der Waals surface area contributed by atoms with Crippen LogP contribution in [-0.2, 0) is 6.54 Å². The fourth-order valence-corrected chi connectivity index (χ4v) is 3.53. The van der Waals surface area contributed by atoms with Gasteiger partial charge in [-0.3, -0.25) is 9.58 Å². The summed E-state index contributed by atoms with van der Waals surface area (Å²) in [6, 6.07) is 18.8. The highest BCUT2D eigenvalue weighted by Crippen LogP contribution is 2.25. The van der Waals surface area contributed by atoms with E-state index in [4.69, 9.17) is 9.84 Å². The molecule has 25 heavy (non-hydrogen) atoms. The SMILES string of the molecule is c1ccc(Cn2nc(OCCN3CCCCC3)c3ccccc32)cc1. The van der Waals surface area contributed by atoms with E-state index in [2.05, 4.69) is 47.4 Å². The minimum absolute atomic E-state index is 0.701. The lowest BCUT2D eigenvalue weighted by Crippen LogP contribution is -2.33. The smallest absolute Gasteiger partial charge is 0.240 e. The maximum absolute atomic E-state index is 6.07. The van der Waals surface area contributed by atoms with Crippen LogP contribution in [-0.4, -0.2) is 40.9 Å². The van der Waals surface area contributed by atoms with Crippen LogP contribution in [0.1, 0.15) is 24.8 Å². The number of aromatic nitrogens is 2.